The second kappa shape index (κ2) is 9.21. The lowest BCUT2D eigenvalue weighted by Crippen LogP contribution is -2.29. The summed E-state index contributed by atoms with van der Waals surface area (Å²) in [7, 11) is -2.99. The Bertz CT molecular complexity index is 494. The maximum absolute atomic E-state index is 12.1. The van der Waals surface area contributed by atoms with E-state index in [1.165, 1.54) is 5.56 Å². The quantitative estimate of drug-likeness (QED) is 0.719. The highest BCUT2D eigenvalue weighted by atomic mass is 32.2. The zero-order valence-electron chi connectivity index (χ0n) is 13.6. The number of hydrogen-bond donors (Lipinski definition) is 1. The highest BCUT2D eigenvalue weighted by Crippen LogP contribution is 2.18. The molecule has 0 aliphatic heterocycles. The van der Waals surface area contributed by atoms with E-state index in [0.29, 0.717) is 6.42 Å². The Hall–Kier alpha value is -0.870. The molecule has 0 amide bonds. The first-order valence-electron chi connectivity index (χ1n) is 8.05. The molecule has 0 bridgehead atoms. The van der Waals surface area contributed by atoms with Crippen LogP contribution in [0.4, 0.5) is 0 Å². The molecule has 1 rings (SSSR count). The van der Waals surface area contributed by atoms with Crippen LogP contribution >= 0.6 is 0 Å². The zero-order chi connectivity index (χ0) is 15.7. The van der Waals surface area contributed by atoms with E-state index in [9.17, 15) is 8.42 Å². The molecule has 0 radical (unpaired) electrons. The third-order valence-corrected chi connectivity index (χ3v) is 5.37. The van der Waals surface area contributed by atoms with Crippen molar-refractivity contribution in [2.75, 3.05) is 18.1 Å². The molecule has 1 N–H and O–H groups in total. The van der Waals surface area contributed by atoms with Gasteiger partial charge in [-0.3, -0.25) is 0 Å². The molecule has 4 heteroatoms. The van der Waals surface area contributed by atoms with Crippen molar-refractivity contribution in [3.63, 3.8) is 0 Å². The first-order valence-corrected chi connectivity index (χ1v) is 9.87. The number of hydrogen-bond acceptors (Lipinski definition) is 3. The van der Waals surface area contributed by atoms with Crippen LogP contribution in [0.1, 0.15) is 57.2 Å². The molecule has 0 saturated carbocycles. The van der Waals surface area contributed by atoms with Gasteiger partial charge in [0.15, 0.2) is 9.84 Å². The fourth-order valence-electron chi connectivity index (χ4n) is 2.45. The zero-order valence-corrected chi connectivity index (χ0v) is 14.4. The first kappa shape index (κ1) is 18.2. The summed E-state index contributed by atoms with van der Waals surface area (Å²) >= 11 is 0. The third kappa shape index (κ3) is 6.62. The molecule has 0 aromatic heterocycles. The van der Waals surface area contributed by atoms with Gasteiger partial charge in [-0.15, -0.1) is 0 Å². The second-order valence-corrected chi connectivity index (χ2v) is 7.84. The second-order valence-electron chi connectivity index (χ2n) is 5.61. The number of sulfone groups is 1. The van der Waals surface area contributed by atoms with Crippen LogP contribution < -0.4 is 5.32 Å². The Morgan fingerprint density at radius 1 is 1.00 bits per heavy atom. The van der Waals surface area contributed by atoms with Crippen LogP contribution in [0.5, 0.6) is 0 Å². The minimum absolute atomic E-state index is 0.0998. The van der Waals surface area contributed by atoms with Gasteiger partial charge in [0.05, 0.1) is 5.75 Å². The summed E-state index contributed by atoms with van der Waals surface area (Å²) in [4.78, 5) is 0. The van der Waals surface area contributed by atoms with Gasteiger partial charge in [0, 0.05) is 11.8 Å². The molecule has 21 heavy (non-hydrogen) atoms. The molecule has 0 heterocycles. The van der Waals surface area contributed by atoms with Crippen molar-refractivity contribution in [2.45, 2.75) is 52.5 Å². The van der Waals surface area contributed by atoms with Crippen LogP contribution in [-0.4, -0.2) is 26.5 Å². The van der Waals surface area contributed by atoms with Gasteiger partial charge in [0.1, 0.15) is 0 Å². The molecule has 1 aromatic rings. The average molecular weight is 311 g/mol. The predicted molar refractivity (Wildman–Crippen MR) is 90.4 cm³/mol. The number of nitrogens with one attached hydrogen (secondary N) is 1. The summed E-state index contributed by atoms with van der Waals surface area (Å²) in [6, 6.07) is 8.27. The molecule has 1 atom stereocenters. The van der Waals surface area contributed by atoms with Crippen molar-refractivity contribution in [2.24, 2.45) is 0 Å². The van der Waals surface area contributed by atoms with E-state index in [-0.39, 0.29) is 17.5 Å². The smallest absolute Gasteiger partial charge is 0.152 e. The van der Waals surface area contributed by atoms with Crippen molar-refractivity contribution in [1.82, 2.24) is 5.32 Å². The Kier molecular flexibility index (Phi) is 7.97. The van der Waals surface area contributed by atoms with Crippen LogP contribution in [0.3, 0.4) is 0 Å². The Labute approximate surface area is 130 Å². The lowest BCUT2D eigenvalue weighted by Gasteiger charge is -2.19. The lowest BCUT2D eigenvalue weighted by molar-refractivity contribution is 0.545. The highest BCUT2D eigenvalue weighted by Gasteiger charge is 2.19. The van der Waals surface area contributed by atoms with Crippen LogP contribution in [0.2, 0.25) is 0 Å². The van der Waals surface area contributed by atoms with Crippen molar-refractivity contribution < 1.29 is 8.42 Å². The summed E-state index contributed by atoms with van der Waals surface area (Å²) in [5, 5.41) is 3.37. The summed E-state index contributed by atoms with van der Waals surface area (Å²) in [6.45, 7) is 7.00. The van der Waals surface area contributed by atoms with Gasteiger partial charge in [-0.25, -0.2) is 8.42 Å². The average Bonchev–Trinajstić information content (AvgIpc) is 2.44. The third-order valence-electron chi connectivity index (χ3n) is 3.50. The Morgan fingerprint density at radius 2 is 1.67 bits per heavy atom. The van der Waals surface area contributed by atoms with Crippen molar-refractivity contribution in [3.8, 4) is 0 Å². The number of benzene rings is 1. The maximum atomic E-state index is 12.1. The molecule has 3 nitrogen and oxygen atoms in total. The van der Waals surface area contributed by atoms with Gasteiger partial charge in [-0.05, 0) is 36.9 Å². The summed E-state index contributed by atoms with van der Waals surface area (Å²) < 4.78 is 24.2. The minimum Gasteiger partial charge on any atom is -0.309 e. The van der Waals surface area contributed by atoms with Crippen molar-refractivity contribution in [1.29, 1.82) is 0 Å². The molecule has 0 fully saturated rings. The minimum atomic E-state index is -2.99. The van der Waals surface area contributed by atoms with Crippen LogP contribution in [0.15, 0.2) is 24.3 Å². The molecule has 1 aromatic carbocycles. The Morgan fingerprint density at radius 3 is 2.19 bits per heavy atom. The van der Waals surface area contributed by atoms with E-state index in [0.717, 1.165) is 31.4 Å². The van der Waals surface area contributed by atoms with E-state index in [1.54, 1.807) is 0 Å². The monoisotopic (exact) mass is 311 g/mol. The van der Waals surface area contributed by atoms with E-state index < -0.39 is 9.84 Å². The first-order chi connectivity index (χ1) is 10.0. The van der Waals surface area contributed by atoms with E-state index in [1.807, 2.05) is 6.92 Å². The molecule has 120 valence electrons. The van der Waals surface area contributed by atoms with Gasteiger partial charge in [-0.2, -0.15) is 0 Å². The van der Waals surface area contributed by atoms with Gasteiger partial charge in [0.2, 0.25) is 0 Å². The highest BCUT2D eigenvalue weighted by molar-refractivity contribution is 7.91. The summed E-state index contributed by atoms with van der Waals surface area (Å²) in [6.07, 6.45) is 3.87. The molecular weight excluding hydrogens is 282 g/mol. The van der Waals surface area contributed by atoms with Gasteiger partial charge < -0.3 is 5.32 Å². The fraction of sp³-hybridized carbons (Fsp3) is 0.647. The molecular formula is C17H29NO2S. The van der Waals surface area contributed by atoms with E-state index in [2.05, 4.69) is 43.4 Å². The topological polar surface area (TPSA) is 46.2 Å². The molecule has 0 saturated heterocycles. The summed E-state index contributed by atoms with van der Waals surface area (Å²) in [5.41, 5.74) is 2.38. The standard InChI is InChI=1S/C17H29NO2S/c1-4-7-15-8-10-16(11-9-15)17(18-12-5-2)14-21(19,20)13-6-3/h8-11,17-18H,4-7,12-14H2,1-3H3. The van der Waals surface area contributed by atoms with Crippen LogP contribution in [0, 0.1) is 0 Å². The van der Waals surface area contributed by atoms with Crippen molar-refractivity contribution >= 4 is 9.84 Å². The fourth-order valence-corrected chi connectivity index (χ4v) is 4.05. The van der Waals surface area contributed by atoms with E-state index >= 15 is 0 Å². The molecule has 0 spiro atoms. The van der Waals surface area contributed by atoms with Gasteiger partial charge in [-0.1, -0.05) is 51.5 Å². The normalized spacial score (nSPS) is 13.3. The number of aryl methyl sites for hydroxylation is 1. The molecule has 1 unspecified atom stereocenters. The maximum Gasteiger partial charge on any atom is 0.152 e. The SMILES string of the molecule is CCCNC(CS(=O)(=O)CCC)c1ccc(CCC)cc1. The number of rotatable bonds is 10. The van der Waals surface area contributed by atoms with Crippen molar-refractivity contribution in [3.05, 3.63) is 35.4 Å². The van der Waals surface area contributed by atoms with Gasteiger partial charge in [0.25, 0.3) is 0 Å². The van der Waals surface area contributed by atoms with E-state index in [4.69, 9.17) is 0 Å². The lowest BCUT2D eigenvalue weighted by atomic mass is 10.0. The molecule has 0 aliphatic rings. The predicted octanol–water partition coefficient (Wildman–Crippen LogP) is 3.50. The Balaban J connectivity index is 2.85. The van der Waals surface area contributed by atoms with Gasteiger partial charge >= 0.3 is 0 Å². The van der Waals surface area contributed by atoms with Crippen LogP contribution in [0.25, 0.3) is 0 Å². The van der Waals surface area contributed by atoms with Crippen LogP contribution in [-0.2, 0) is 16.3 Å². The largest absolute Gasteiger partial charge is 0.309 e. The molecule has 0 aliphatic carbocycles. The summed E-state index contributed by atoms with van der Waals surface area (Å²) in [5.74, 6) is 0.458.